The molecule has 32 heavy (non-hydrogen) atoms. The van der Waals surface area contributed by atoms with E-state index in [1.54, 1.807) is 60.7 Å². The van der Waals surface area contributed by atoms with Crippen LogP contribution in [0, 0.1) is 0 Å². The van der Waals surface area contributed by atoms with Crippen LogP contribution >= 0.6 is 0 Å². The maximum atomic E-state index is 13.0. The first-order valence-corrected chi connectivity index (χ1v) is 10.0. The number of amides is 2. The molecule has 2 atom stereocenters. The lowest BCUT2D eigenvalue weighted by Crippen LogP contribution is -2.39. The normalized spacial score (nSPS) is 12.6. The van der Waals surface area contributed by atoms with Gasteiger partial charge in [0.2, 0.25) is 0 Å². The Bertz CT molecular complexity index is 1250. The predicted molar refractivity (Wildman–Crippen MR) is 120 cm³/mol. The van der Waals surface area contributed by atoms with Crippen LogP contribution in [-0.2, 0) is 9.53 Å². The molecule has 4 rings (SSSR count). The molecule has 7 heteroatoms. The second-order valence-corrected chi connectivity index (χ2v) is 7.21. The van der Waals surface area contributed by atoms with Crippen LogP contribution in [0.2, 0.25) is 0 Å². The minimum atomic E-state index is -0.989. The van der Waals surface area contributed by atoms with Gasteiger partial charge in [-0.05, 0) is 17.2 Å². The van der Waals surface area contributed by atoms with Crippen molar-refractivity contribution < 1.29 is 19.1 Å². The van der Waals surface area contributed by atoms with E-state index in [9.17, 15) is 14.4 Å². The zero-order valence-electron chi connectivity index (χ0n) is 17.0. The van der Waals surface area contributed by atoms with Crippen molar-refractivity contribution in [2.75, 3.05) is 0 Å². The average molecular weight is 427 g/mol. The lowest BCUT2D eigenvalue weighted by Gasteiger charge is -2.28. The summed E-state index contributed by atoms with van der Waals surface area (Å²) in [6.07, 6.45) is -0.411. The molecule has 7 nitrogen and oxygen atoms in total. The third-order valence-corrected chi connectivity index (χ3v) is 5.16. The number of aromatic nitrogens is 1. The molecule has 0 aliphatic rings. The number of ether oxygens (including phenoxy) is 1. The van der Waals surface area contributed by atoms with Crippen molar-refractivity contribution in [1.82, 2.24) is 10.3 Å². The number of aromatic amines is 1. The molecule has 0 saturated carbocycles. The third kappa shape index (κ3) is 4.37. The van der Waals surface area contributed by atoms with E-state index in [1.807, 2.05) is 24.3 Å². The standard InChI is InChI=1S/C25H21N3O4/c26-25(31)32-23(17-11-5-2-6-12-17)21(16-9-3-1-4-10-16)28-24(30)22(29)19-15-27-20-14-8-7-13-18(19)20/h1-15,21,23,27H,(H2,26,31)(H,28,30). The summed E-state index contributed by atoms with van der Waals surface area (Å²) in [4.78, 5) is 40.7. The monoisotopic (exact) mass is 427 g/mol. The number of para-hydroxylation sites is 1. The van der Waals surface area contributed by atoms with Gasteiger partial charge < -0.3 is 20.8 Å². The van der Waals surface area contributed by atoms with Crippen molar-refractivity contribution in [3.63, 3.8) is 0 Å². The Morgan fingerprint density at radius 3 is 2.06 bits per heavy atom. The van der Waals surface area contributed by atoms with Crippen LogP contribution in [-0.4, -0.2) is 22.8 Å². The van der Waals surface area contributed by atoms with Gasteiger partial charge >= 0.3 is 6.09 Å². The molecular weight excluding hydrogens is 406 g/mol. The molecule has 0 bridgehead atoms. The van der Waals surface area contributed by atoms with Crippen LogP contribution in [0.25, 0.3) is 10.9 Å². The first kappa shape index (κ1) is 20.9. The second kappa shape index (κ2) is 9.18. The van der Waals surface area contributed by atoms with E-state index in [-0.39, 0.29) is 5.56 Å². The fraction of sp³-hybridized carbons (Fsp3) is 0.0800. The number of carbonyl (C=O) groups is 3. The minimum absolute atomic E-state index is 0.261. The molecule has 4 aromatic rings. The number of hydrogen-bond acceptors (Lipinski definition) is 4. The van der Waals surface area contributed by atoms with Crippen molar-refractivity contribution in [3.05, 3.63) is 108 Å². The number of ketones is 1. The highest BCUT2D eigenvalue weighted by Gasteiger charge is 2.32. The number of benzene rings is 3. The highest BCUT2D eigenvalue weighted by Crippen LogP contribution is 2.32. The molecule has 0 radical (unpaired) electrons. The number of H-pyrrole nitrogens is 1. The largest absolute Gasteiger partial charge is 0.439 e. The number of nitrogens with two attached hydrogens (primary N) is 1. The zero-order valence-corrected chi connectivity index (χ0v) is 17.0. The Morgan fingerprint density at radius 2 is 1.41 bits per heavy atom. The molecule has 0 saturated heterocycles. The van der Waals surface area contributed by atoms with Crippen LogP contribution in [0.15, 0.2) is 91.1 Å². The number of carbonyl (C=O) groups excluding carboxylic acids is 3. The Labute approximate surface area is 184 Å². The molecule has 0 fully saturated rings. The van der Waals surface area contributed by atoms with Gasteiger partial charge in [0.1, 0.15) is 0 Å². The number of fused-ring (bicyclic) bond motifs is 1. The summed E-state index contributed by atoms with van der Waals surface area (Å²) in [5.74, 6) is -1.52. The second-order valence-electron chi connectivity index (χ2n) is 7.21. The van der Waals surface area contributed by atoms with Gasteiger partial charge in [-0.2, -0.15) is 0 Å². The van der Waals surface area contributed by atoms with Crippen LogP contribution in [0.5, 0.6) is 0 Å². The maximum Gasteiger partial charge on any atom is 0.405 e. The zero-order chi connectivity index (χ0) is 22.5. The Morgan fingerprint density at radius 1 is 0.812 bits per heavy atom. The molecule has 2 amide bonds. The molecule has 1 heterocycles. The highest BCUT2D eigenvalue weighted by molar-refractivity contribution is 6.45. The van der Waals surface area contributed by atoms with E-state index >= 15 is 0 Å². The van der Waals surface area contributed by atoms with E-state index < -0.39 is 29.9 Å². The van der Waals surface area contributed by atoms with Gasteiger partial charge in [-0.3, -0.25) is 9.59 Å². The van der Waals surface area contributed by atoms with Crippen molar-refractivity contribution in [3.8, 4) is 0 Å². The van der Waals surface area contributed by atoms with Crippen LogP contribution in [0.3, 0.4) is 0 Å². The summed E-state index contributed by atoms with van der Waals surface area (Å²) >= 11 is 0. The average Bonchev–Trinajstić information content (AvgIpc) is 3.26. The van der Waals surface area contributed by atoms with Crippen molar-refractivity contribution in [1.29, 1.82) is 0 Å². The first-order valence-electron chi connectivity index (χ1n) is 10.0. The number of hydrogen-bond donors (Lipinski definition) is 3. The molecule has 4 N–H and O–H groups in total. The number of rotatable bonds is 7. The first-order chi connectivity index (χ1) is 15.5. The molecule has 0 aliphatic carbocycles. The fourth-order valence-corrected chi connectivity index (χ4v) is 3.68. The lowest BCUT2D eigenvalue weighted by molar-refractivity contribution is -0.118. The quantitative estimate of drug-likeness (QED) is 0.305. The van der Waals surface area contributed by atoms with Crippen molar-refractivity contribution in [2.45, 2.75) is 12.1 Å². The van der Waals surface area contributed by atoms with E-state index in [0.29, 0.717) is 16.5 Å². The minimum Gasteiger partial charge on any atom is -0.439 e. The van der Waals surface area contributed by atoms with Crippen molar-refractivity contribution >= 4 is 28.7 Å². The summed E-state index contributed by atoms with van der Waals surface area (Å²) < 4.78 is 5.40. The van der Waals surface area contributed by atoms with Crippen molar-refractivity contribution in [2.24, 2.45) is 5.73 Å². The van der Waals surface area contributed by atoms with Crippen LogP contribution in [0.1, 0.15) is 33.6 Å². The van der Waals surface area contributed by atoms with Gasteiger partial charge in [-0.1, -0.05) is 78.9 Å². The molecule has 1 aromatic heterocycles. The van der Waals surface area contributed by atoms with E-state index in [4.69, 9.17) is 10.5 Å². The summed E-state index contributed by atoms with van der Waals surface area (Å²) in [6, 6.07) is 24.3. The van der Waals surface area contributed by atoms with E-state index in [2.05, 4.69) is 10.3 Å². The Balaban J connectivity index is 1.69. The SMILES string of the molecule is NC(=O)OC(c1ccccc1)C(NC(=O)C(=O)c1c[nH]c2ccccc12)c1ccccc1. The molecule has 3 aromatic carbocycles. The number of nitrogens with one attached hydrogen (secondary N) is 2. The predicted octanol–water partition coefficient (Wildman–Crippen LogP) is 4.04. The van der Waals surface area contributed by atoms with E-state index in [1.165, 1.54) is 6.20 Å². The highest BCUT2D eigenvalue weighted by atomic mass is 16.6. The van der Waals surface area contributed by atoms with Crippen LogP contribution in [0.4, 0.5) is 4.79 Å². The third-order valence-electron chi connectivity index (χ3n) is 5.16. The molecule has 160 valence electrons. The van der Waals surface area contributed by atoms with Gasteiger partial charge in [0.15, 0.2) is 6.10 Å². The molecule has 0 aliphatic heterocycles. The van der Waals surface area contributed by atoms with E-state index in [0.717, 1.165) is 5.52 Å². The smallest absolute Gasteiger partial charge is 0.405 e. The number of Topliss-reactive ketones (excluding diaryl/α,β-unsaturated/α-hetero) is 1. The Hall–Kier alpha value is -4.39. The maximum absolute atomic E-state index is 13.0. The lowest BCUT2D eigenvalue weighted by atomic mass is 9.95. The van der Waals surface area contributed by atoms with Gasteiger partial charge in [0, 0.05) is 17.1 Å². The van der Waals surface area contributed by atoms with Gasteiger partial charge in [-0.15, -0.1) is 0 Å². The summed E-state index contributed by atoms with van der Waals surface area (Å²) in [5, 5.41) is 3.40. The summed E-state index contributed by atoms with van der Waals surface area (Å²) in [6.45, 7) is 0. The van der Waals surface area contributed by atoms with Crippen LogP contribution < -0.4 is 11.1 Å². The van der Waals surface area contributed by atoms with Gasteiger partial charge in [0.05, 0.1) is 11.6 Å². The van der Waals surface area contributed by atoms with Gasteiger partial charge in [0.25, 0.3) is 11.7 Å². The summed E-state index contributed by atoms with van der Waals surface area (Å²) in [7, 11) is 0. The summed E-state index contributed by atoms with van der Waals surface area (Å²) in [5.41, 5.74) is 7.63. The fourth-order valence-electron chi connectivity index (χ4n) is 3.68. The molecule has 0 spiro atoms. The van der Waals surface area contributed by atoms with Gasteiger partial charge in [-0.25, -0.2) is 4.79 Å². The Kier molecular flexibility index (Phi) is 5.98. The molecular formula is C25H21N3O4. The number of primary amides is 1. The molecule has 2 unspecified atom stereocenters. The topological polar surface area (TPSA) is 114 Å².